The molecule has 0 unspecified atom stereocenters. The van der Waals surface area contributed by atoms with Crippen molar-refractivity contribution in [1.29, 1.82) is 0 Å². The first-order valence-corrected chi connectivity index (χ1v) is 12.9. The Labute approximate surface area is 215 Å². The fourth-order valence-electron chi connectivity index (χ4n) is 5.28. The van der Waals surface area contributed by atoms with E-state index in [-0.39, 0.29) is 5.82 Å². The van der Waals surface area contributed by atoms with E-state index in [1.807, 2.05) is 38.5 Å². The van der Waals surface area contributed by atoms with Crippen molar-refractivity contribution >= 4 is 27.5 Å². The molecule has 1 fully saturated rings. The number of hydrogen-bond donors (Lipinski definition) is 4. The maximum Gasteiger partial charge on any atom is 0.125 e. The Kier molecular flexibility index (Phi) is 6.36. The minimum Gasteiger partial charge on any atom is -0.384 e. The zero-order chi connectivity index (χ0) is 25.4. The van der Waals surface area contributed by atoms with Gasteiger partial charge in [-0.3, -0.25) is 10.1 Å². The molecule has 6 rings (SSSR count). The monoisotopic (exact) mass is 497 g/mol. The van der Waals surface area contributed by atoms with Gasteiger partial charge in [0, 0.05) is 46.7 Å². The molecule has 0 amide bonds. The molecule has 5 aromatic rings. The summed E-state index contributed by atoms with van der Waals surface area (Å²) in [5, 5.41) is 16.7. The molecule has 7 nitrogen and oxygen atoms in total. The number of aromatic amines is 2. The molecule has 3 aromatic heterocycles. The SMILES string of the molecule is CN(C)CCNc1cc(F)cc(-c2cccc3[nH]c(-c4n[nH]c5cnc(C6CCNCC6)cc45)cc23)c1. The highest BCUT2D eigenvalue weighted by molar-refractivity contribution is 6.01. The second-order valence-electron chi connectivity index (χ2n) is 10.2. The molecular weight excluding hydrogens is 465 g/mol. The Morgan fingerprint density at radius 2 is 1.89 bits per heavy atom. The molecule has 8 heteroatoms. The number of aromatic nitrogens is 4. The van der Waals surface area contributed by atoms with Crippen molar-refractivity contribution in [2.45, 2.75) is 18.8 Å². The number of H-pyrrole nitrogens is 2. The molecule has 37 heavy (non-hydrogen) atoms. The van der Waals surface area contributed by atoms with Crippen molar-refractivity contribution in [2.24, 2.45) is 0 Å². The molecule has 0 spiro atoms. The van der Waals surface area contributed by atoms with Crippen LogP contribution in [0.15, 0.2) is 54.7 Å². The average Bonchev–Trinajstić information content (AvgIpc) is 3.52. The Morgan fingerprint density at radius 1 is 1.03 bits per heavy atom. The summed E-state index contributed by atoms with van der Waals surface area (Å²) in [5.41, 5.74) is 7.44. The number of hydrogen-bond acceptors (Lipinski definition) is 5. The van der Waals surface area contributed by atoms with Crippen LogP contribution < -0.4 is 10.6 Å². The standard InChI is InChI=1S/C29H32FN7/c1-37(2)11-10-32-21-13-19(12-20(30)14-21)22-4-3-5-25-23(22)15-27(34-25)29-24-16-26(18-6-8-31-9-7-18)33-17-28(24)35-36-29/h3-5,12-18,31-32,34H,6-11H2,1-2H3,(H,35,36). The first kappa shape index (κ1) is 23.6. The maximum atomic E-state index is 14.6. The molecule has 2 aromatic carbocycles. The summed E-state index contributed by atoms with van der Waals surface area (Å²) >= 11 is 0. The molecule has 1 saturated heterocycles. The van der Waals surface area contributed by atoms with E-state index in [0.717, 1.165) is 94.7 Å². The maximum absolute atomic E-state index is 14.6. The van der Waals surface area contributed by atoms with Gasteiger partial charge in [0.2, 0.25) is 0 Å². The van der Waals surface area contributed by atoms with Crippen molar-refractivity contribution in [2.75, 3.05) is 45.6 Å². The van der Waals surface area contributed by atoms with E-state index in [4.69, 9.17) is 4.98 Å². The fraction of sp³-hybridized carbons (Fsp3) is 0.310. The van der Waals surface area contributed by atoms with Gasteiger partial charge in [-0.05, 0) is 87.6 Å². The summed E-state index contributed by atoms with van der Waals surface area (Å²) in [6, 6.07) is 15.6. The Hall–Kier alpha value is -3.75. The van der Waals surface area contributed by atoms with Gasteiger partial charge in [-0.1, -0.05) is 12.1 Å². The van der Waals surface area contributed by atoms with E-state index in [0.29, 0.717) is 5.92 Å². The van der Waals surface area contributed by atoms with Gasteiger partial charge in [0.05, 0.1) is 17.4 Å². The predicted molar refractivity (Wildman–Crippen MR) is 148 cm³/mol. The number of rotatable bonds is 7. The van der Waals surface area contributed by atoms with Crippen molar-refractivity contribution in [3.05, 3.63) is 66.2 Å². The van der Waals surface area contributed by atoms with Gasteiger partial charge in [-0.25, -0.2) is 4.39 Å². The molecule has 0 bridgehead atoms. The van der Waals surface area contributed by atoms with Crippen LogP contribution in [-0.4, -0.2) is 65.3 Å². The third-order valence-corrected chi connectivity index (χ3v) is 7.24. The molecule has 190 valence electrons. The molecule has 1 aliphatic rings. The third-order valence-electron chi connectivity index (χ3n) is 7.24. The number of nitrogens with zero attached hydrogens (tertiary/aromatic N) is 3. The number of benzene rings is 2. The van der Waals surface area contributed by atoms with Crippen LogP contribution in [0.3, 0.4) is 0 Å². The first-order valence-electron chi connectivity index (χ1n) is 12.9. The van der Waals surface area contributed by atoms with Crippen molar-refractivity contribution in [3.8, 4) is 22.5 Å². The third kappa shape index (κ3) is 4.82. The van der Waals surface area contributed by atoms with E-state index < -0.39 is 0 Å². The number of anilines is 1. The molecule has 0 atom stereocenters. The highest BCUT2D eigenvalue weighted by atomic mass is 19.1. The summed E-state index contributed by atoms with van der Waals surface area (Å²) in [6.07, 6.45) is 4.09. The van der Waals surface area contributed by atoms with Gasteiger partial charge in [-0.15, -0.1) is 0 Å². The van der Waals surface area contributed by atoms with E-state index in [1.54, 1.807) is 12.1 Å². The quantitative estimate of drug-likeness (QED) is 0.244. The second kappa shape index (κ2) is 9.95. The minimum atomic E-state index is -0.256. The zero-order valence-corrected chi connectivity index (χ0v) is 21.2. The number of halogens is 1. The van der Waals surface area contributed by atoms with Crippen molar-refractivity contribution in [3.63, 3.8) is 0 Å². The Balaban J connectivity index is 1.37. The summed E-state index contributed by atoms with van der Waals surface area (Å²) in [5.74, 6) is 0.213. The van der Waals surface area contributed by atoms with Crippen LogP contribution in [0.4, 0.5) is 10.1 Å². The normalized spacial score (nSPS) is 14.7. The van der Waals surface area contributed by atoms with Crippen LogP contribution in [0, 0.1) is 5.82 Å². The van der Waals surface area contributed by atoms with Gasteiger partial charge in [-0.2, -0.15) is 5.10 Å². The van der Waals surface area contributed by atoms with E-state index in [2.05, 4.69) is 48.9 Å². The van der Waals surface area contributed by atoms with Gasteiger partial charge in [0.1, 0.15) is 11.5 Å². The molecule has 1 aliphatic heterocycles. The summed E-state index contributed by atoms with van der Waals surface area (Å²) in [4.78, 5) is 10.4. The average molecular weight is 498 g/mol. The lowest BCUT2D eigenvalue weighted by atomic mass is 9.93. The van der Waals surface area contributed by atoms with Crippen LogP contribution in [0.5, 0.6) is 0 Å². The fourth-order valence-corrected chi connectivity index (χ4v) is 5.28. The molecular formula is C29H32FN7. The van der Waals surface area contributed by atoms with E-state index in [9.17, 15) is 4.39 Å². The highest BCUT2D eigenvalue weighted by Gasteiger charge is 2.19. The Morgan fingerprint density at radius 3 is 2.73 bits per heavy atom. The topological polar surface area (TPSA) is 84.7 Å². The number of pyridine rings is 1. The van der Waals surface area contributed by atoms with Crippen LogP contribution in [0.1, 0.15) is 24.5 Å². The second-order valence-corrected chi connectivity index (χ2v) is 10.2. The molecule has 4 heterocycles. The van der Waals surface area contributed by atoms with Gasteiger partial charge >= 0.3 is 0 Å². The first-order chi connectivity index (χ1) is 18.0. The lowest BCUT2D eigenvalue weighted by molar-refractivity contribution is 0.425. The largest absolute Gasteiger partial charge is 0.384 e. The highest BCUT2D eigenvalue weighted by Crippen LogP contribution is 2.36. The van der Waals surface area contributed by atoms with E-state index >= 15 is 0 Å². The Bertz CT molecular complexity index is 1550. The zero-order valence-electron chi connectivity index (χ0n) is 21.2. The lowest BCUT2D eigenvalue weighted by Crippen LogP contribution is -2.27. The summed E-state index contributed by atoms with van der Waals surface area (Å²) in [6.45, 7) is 3.67. The van der Waals surface area contributed by atoms with Gasteiger partial charge in [0.25, 0.3) is 0 Å². The molecule has 0 radical (unpaired) electrons. The van der Waals surface area contributed by atoms with Crippen LogP contribution in [0.2, 0.25) is 0 Å². The van der Waals surface area contributed by atoms with Crippen LogP contribution >= 0.6 is 0 Å². The number of fused-ring (bicyclic) bond motifs is 2. The lowest BCUT2D eigenvalue weighted by Gasteiger charge is -2.22. The summed E-state index contributed by atoms with van der Waals surface area (Å²) in [7, 11) is 4.05. The summed E-state index contributed by atoms with van der Waals surface area (Å²) < 4.78 is 14.6. The van der Waals surface area contributed by atoms with Crippen molar-refractivity contribution < 1.29 is 4.39 Å². The molecule has 0 aliphatic carbocycles. The van der Waals surface area contributed by atoms with Gasteiger partial charge in [0.15, 0.2) is 0 Å². The smallest absolute Gasteiger partial charge is 0.125 e. The number of piperidine rings is 1. The van der Waals surface area contributed by atoms with Crippen molar-refractivity contribution in [1.82, 2.24) is 30.4 Å². The van der Waals surface area contributed by atoms with Crippen LogP contribution in [0.25, 0.3) is 44.3 Å². The number of nitrogens with one attached hydrogen (secondary N) is 4. The number of likely N-dealkylation sites (N-methyl/N-ethyl adjacent to an activating group) is 1. The molecule has 4 N–H and O–H groups in total. The van der Waals surface area contributed by atoms with Gasteiger partial charge < -0.3 is 20.5 Å². The van der Waals surface area contributed by atoms with Crippen LogP contribution in [-0.2, 0) is 0 Å². The minimum absolute atomic E-state index is 0.256. The predicted octanol–water partition coefficient (Wildman–Crippen LogP) is 5.35. The van der Waals surface area contributed by atoms with E-state index in [1.165, 1.54) is 0 Å². The molecule has 0 saturated carbocycles.